The number of fused-ring (bicyclic) bond motifs is 1. The Morgan fingerprint density at radius 1 is 1.23 bits per heavy atom. The number of aromatic nitrogens is 1. The third-order valence-corrected chi connectivity index (χ3v) is 5.98. The predicted molar refractivity (Wildman–Crippen MR) is 119 cm³/mol. The first-order chi connectivity index (χ1) is 14.6. The third-order valence-electron chi connectivity index (χ3n) is 4.21. The van der Waals surface area contributed by atoms with Crippen LogP contribution in [0.2, 0.25) is 0 Å². The van der Waals surface area contributed by atoms with Crippen molar-refractivity contribution in [2.45, 2.75) is 18.2 Å². The minimum atomic E-state index is -0.268. The summed E-state index contributed by atoms with van der Waals surface area (Å²) < 4.78 is 24.3. The summed E-state index contributed by atoms with van der Waals surface area (Å²) in [6.45, 7) is 2.55. The second kappa shape index (κ2) is 9.32. The third kappa shape index (κ3) is 5.01. The zero-order chi connectivity index (χ0) is 20.9. The number of thiazole rings is 1. The Hall–Kier alpha value is -2.84. The Bertz CT molecular complexity index is 1150. The normalized spacial score (nSPS) is 11.0. The number of furan rings is 1. The number of nitrogens with one attached hydrogen (secondary N) is 1. The van der Waals surface area contributed by atoms with Gasteiger partial charge in [0.1, 0.15) is 22.8 Å². The number of rotatable bonds is 8. The first kappa shape index (κ1) is 20.4. The van der Waals surface area contributed by atoms with Crippen LogP contribution >= 0.6 is 23.1 Å². The molecule has 2 aromatic carbocycles. The van der Waals surface area contributed by atoms with E-state index in [1.165, 1.54) is 35.2 Å². The van der Waals surface area contributed by atoms with Crippen molar-refractivity contribution in [1.29, 1.82) is 0 Å². The van der Waals surface area contributed by atoms with E-state index in [4.69, 9.17) is 9.15 Å². The van der Waals surface area contributed by atoms with Gasteiger partial charge in [0.2, 0.25) is 5.91 Å². The van der Waals surface area contributed by atoms with E-state index in [1.807, 2.05) is 36.6 Å². The van der Waals surface area contributed by atoms with Gasteiger partial charge in [-0.2, -0.15) is 0 Å². The van der Waals surface area contributed by atoms with Crippen molar-refractivity contribution in [3.63, 3.8) is 0 Å². The van der Waals surface area contributed by atoms with E-state index in [9.17, 15) is 9.18 Å². The largest absolute Gasteiger partial charge is 0.494 e. The van der Waals surface area contributed by atoms with Gasteiger partial charge in [0.25, 0.3) is 0 Å². The Labute approximate surface area is 181 Å². The highest BCUT2D eigenvalue weighted by Crippen LogP contribution is 2.32. The maximum absolute atomic E-state index is 12.9. The van der Waals surface area contributed by atoms with E-state index in [1.54, 1.807) is 12.1 Å². The lowest BCUT2D eigenvalue weighted by Crippen LogP contribution is -2.11. The molecular formula is C22H19FN2O3S2. The quantitative estimate of drug-likeness (QED) is 0.328. The second-order valence-electron chi connectivity index (χ2n) is 6.38. The molecule has 0 unspecified atom stereocenters. The van der Waals surface area contributed by atoms with Gasteiger partial charge < -0.3 is 14.5 Å². The summed E-state index contributed by atoms with van der Waals surface area (Å²) in [6.07, 6.45) is 0.335. The molecule has 154 valence electrons. The highest BCUT2D eigenvalue weighted by Gasteiger charge is 2.12. The van der Waals surface area contributed by atoms with E-state index in [0.29, 0.717) is 35.4 Å². The van der Waals surface area contributed by atoms with Crippen molar-refractivity contribution in [3.05, 3.63) is 59.7 Å². The van der Waals surface area contributed by atoms with Crippen LogP contribution in [0.15, 0.2) is 63.2 Å². The van der Waals surface area contributed by atoms with Gasteiger partial charge in [-0.1, -0.05) is 0 Å². The minimum Gasteiger partial charge on any atom is -0.494 e. The molecule has 4 aromatic rings. The molecule has 0 spiro atoms. The van der Waals surface area contributed by atoms with Gasteiger partial charge >= 0.3 is 0 Å². The van der Waals surface area contributed by atoms with Gasteiger partial charge in [-0.25, -0.2) is 9.37 Å². The Morgan fingerprint density at radius 3 is 2.87 bits per heavy atom. The zero-order valence-electron chi connectivity index (χ0n) is 16.2. The van der Waals surface area contributed by atoms with Crippen LogP contribution in [0.25, 0.3) is 22.4 Å². The minimum absolute atomic E-state index is 0.114. The topological polar surface area (TPSA) is 64.4 Å². The van der Waals surface area contributed by atoms with Crippen LogP contribution in [0.3, 0.4) is 0 Å². The van der Waals surface area contributed by atoms with Crippen LogP contribution in [0.1, 0.15) is 13.3 Å². The van der Waals surface area contributed by atoms with Gasteiger partial charge in [-0.15, -0.1) is 23.1 Å². The van der Waals surface area contributed by atoms with Crippen LogP contribution < -0.4 is 10.1 Å². The lowest BCUT2D eigenvalue weighted by molar-refractivity contribution is -0.115. The maximum Gasteiger partial charge on any atom is 0.226 e. The van der Waals surface area contributed by atoms with Crippen molar-refractivity contribution in [1.82, 2.24) is 4.98 Å². The van der Waals surface area contributed by atoms with Crippen LogP contribution in [-0.2, 0) is 4.79 Å². The van der Waals surface area contributed by atoms with E-state index >= 15 is 0 Å². The SMILES string of the molecule is CCOc1ccc2oc(-c3csc(NC(=O)CCSc4ccc(F)cc4)n3)cc2c1. The summed E-state index contributed by atoms with van der Waals surface area (Å²) in [4.78, 5) is 17.6. The number of nitrogens with zero attached hydrogens (tertiary/aromatic N) is 1. The summed E-state index contributed by atoms with van der Waals surface area (Å²) in [5.41, 5.74) is 1.43. The molecule has 0 aliphatic carbocycles. The molecule has 0 fully saturated rings. The van der Waals surface area contributed by atoms with Crippen molar-refractivity contribution in [2.24, 2.45) is 0 Å². The lowest BCUT2D eigenvalue weighted by Gasteiger charge is -2.02. The summed E-state index contributed by atoms with van der Waals surface area (Å²) in [5, 5.41) is 6.13. The summed E-state index contributed by atoms with van der Waals surface area (Å²) in [7, 11) is 0. The fourth-order valence-electron chi connectivity index (χ4n) is 2.82. The van der Waals surface area contributed by atoms with E-state index in [0.717, 1.165) is 21.6 Å². The number of hydrogen-bond acceptors (Lipinski definition) is 6. The van der Waals surface area contributed by atoms with Crippen LogP contribution in [-0.4, -0.2) is 23.3 Å². The monoisotopic (exact) mass is 442 g/mol. The molecule has 2 aromatic heterocycles. The Kier molecular flexibility index (Phi) is 6.35. The molecule has 1 N–H and O–H groups in total. The Balaban J connectivity index is 1.34. The van der Waals surface area contributed by atoms with E-state index in [2.05, 4.69) is 10.3 Å². The predicted octanol–water partition coefficient (Wildman–Crippen LogP) is 6.22. The standard InChI is InChI=1S/C22H19FN2O3S2/c1-2-27-16-5-8-19-14(11-16)12-20(28-19)18-13-30-22(24-18)25-21(26)9-10-29-17-6-3-15(23)4-7-17/h3-8,11-13H,2,9-10H2,1H3,(H,24,25,26). The highest BCUT2D eigenvalue weighted by atomic mass is 32.2. The average Bonchev–Trinajstić information content (AvgIpc) is 3.36. The first-order valence-electron chi connectivity index (χ1n) is 9.41. The maximum atomic E-state index is 12.9. The number of amides is 1. The molecule has 0 radical (unpaired) electrons. The molecule has 8 heteroatoms. The molecule has 0 saturated carbocycles. The van der Waals surface area contributed by atoms with Gasteiger partial charge in [0, 0.05) is 27.8 Å². The lowest BCUT2D eigenvalue weighted by atomic mass is 10.2. The van der Waals surface area contributed by atoms with Crippen LogP contribution in [0.5, 0.6) is 5.75 Å². The molecule has 0 aliphatic heterocycles. The van der Waals surface area contributed by atoms with Gasteiger partial charge in [0.05, 0.1) is 6.61 Å². The summed E-state index contributed by atoms with van der Waals surface area (Å²) >= 11 is 2.86. The number of anilines is 1. The zero-order valence-corrected chi connectivity index (χ0v) is 17.8. The van der Waals surface area contributed by atoms with Crippen LogP contribution in [0, 0.1) is 5.82 Å². The smallest absolute Gasteiger partial charge is 0.226 e. The molecule has 0 saturated heterocycles. The van der Waals surface area contributed by atoms with Crippen molar-refractivity contribution in [3.8, 4) is 17.2 Å². The second-order valence-corrected chi connectivity index (χ2v) is 8.41. The number of thioether (sulfide) groups is 1. The number of ether oxygens (including phenoxy) is 1. The molecule has 30 heavy (non-hydrogen) atoms. The highest BCUT2D eigenvalue weighted by molar-refractivity contribution is 7.99. The summed E-state index contributed by atoms with van der Waals surface area (Å²) in [6, 6.07) is 13.8. The fraction of sp³-hybridized carbons (Fsp3) is 0.182. The molecule has 0 atom stereocenters. The molecular weight excluding hydrogens is 423 g/mol. The summed E-state index contributed by atoms with van der Waals surface area (Å²) in [5.74, 6) is 1.65. The fourth-order valence-corrected chi connectivity index (χ4v) is 4.39. The number of benzene rings is 2. The first-order valence-corrected chi connectivity index (χ1v) is 11.3. The average molecular weight is 443 g/mol. The van der Waals surface area contributed by atoms with Crippen LogP contribution in [0.4, 0.5) is 9.52 Å². The number of carbonyl (C=O) groups excluding carboxylic acids is 1. The van der Waals surface area contributed by atoms with E-state index in [-0.39, 0.29) is 11.7 Å². The number of hydrogen-bond donors (Lipinski definition) is 1. The molecule has 4 rings (SSSR count). The van der Waals surface area contributed by atoms with Crippen molar-refractivity contribution >= 4 is 45.1 Å². The number of halogens is 1. The molecule has 5 nitrogen and oxygen atoms in total. The molecule has 0 bridgehead atoms. The van der Waals surface area contributed by atoms with Gasteiger partial charge in [-0.05, 0) is 55.5 Å². The van der Waals surface area contributed by atoms with Gasteiger partial charge in [0.15, 0.2) is 10.9 Å². The molecule has 2 heterocycles. The Morgan fingerprint density at radius 2 is 2.07 bits per heavy atom. The van der Waals surface area contributed by atoms with E-state index < -0.39 is 0 Å². The number of carbonyl (C=O) groups is 1. The van der Waals surface area contributed by atoms with Crippen molar-refractivity contribution in [2.75, 3.05) is 17.7 Å². The van der Waals surface area contributed by atoms with Gasteiger partial charge in [-0.3, -0.25) is 4.79 Å². The van der Waals surface area contributed by atoms with Crippen molar-refractivity contribution < 1.29 is 18.3 Å². The molecule has 0 aliphatic rings. The molecule has 1 amide bonds.